The molecule has 6 rings (SSSR count). The molecule has 0 bridgehead atoms. The lowest BCUT2D eigenvalue weighted by Crippen LogP contribution is -2.14. The molecule has 3 heterocycles. The molecular weight excluding hydrogens is 578 g/mol. The van der Waals surface area contributed by atoms with Crippen LogP contribution in [0.1, 0.15) is 68.5 Å². The van der Waals surface area contributed by atoms with Crippen molar-refractivity contribution in [1.29, 1.82) is 0 Å². The molecule has 0 radical (unpaired) electrons. The summed E-state index contributed by atoms with van der Waals surface area (Å²) >= 11 is 0. The molecule has 8 nitrogen and oxygen atoms in total. The average Bonchev–Trinajstić information content (AvgIpc) is 3.62. The highest BCUT2D eigenvalue weighted by atomic mass is 16.5. The van der Waals surface area contributed by atoms with Crippen LogP contribution in [0, 0.1) is 0 Å². The molecule has 8 heteroatoms. The SMILES string of the molecule is CC.CCOC(=O)c1c(CCCOc2cccc3ccccc23)c2cccc3c2n1C/C=C\COCc1[nH]nc(COC(C)C)c1-3. The van der Waals surface area contributed by atoms with Crippen molar-refractivity contribution in [2.24, 2.45) is 0 Å². The van der Waals surface area contributed by atoms with Crippen LogP contribution in [-0.4, -0.2) is 46.7 Å². The number of hydrogen-bond acceptors (Lipinski definition) is 6. The smallest absolute Gasteiger partial charge is 0.355 e. The number of aromatic amines is 1. The molecule has 5 aromatic rings. The topological polar surface area (TPSA) is 87.6 Å². The first-order chi connectivity index (χ1) is 22.6. The maximum absolute atomic E-state index is 13.6. The molecule has 0 saturated heterocycles. The molecule has 46 heavy (non-hydrogen) atoms. The number of nitrogens with zero attached hydrogens (tertiary/aromatic N) is 2. The van der Waals surface area contributed by atoms with Gasteiger partial charge in [0.15, 0.2) is 0 Å². The van der Waals surface area contributed by atoms with E-state index in [0.29, 0.717) is 51.7 Å². The van der Waals surface area contributed by atoms with E-state index in [1.165, 1.54) is 0 Å². The normalized spacial score (nSPS) is 13.5. The van der Waals surface area contributed by atoms with Gasteiger partial charge in [-0.05, 0) is 50.6 Å². The summed E-state index contributed by atoms with van der Waals surface area (Å²) in [6.45, 7) is 12.4. The molecule has 3 aromatic carbocycles. The Morgan fingerprint density at radius 1 is 1.02 bits per heavy atom. The van der Waals surface area contributed by atoms with E-state index in [9.17, 15) is 4.79 Å². The van der Waals surface area contributed by atoms with Crippen molar-refractivity contribution >= 4 is 27.6 Å². The van der Waals surface area contributed by atoms with Gasteiger partial charge in [-0.3, -0.25) is 5.10 Å². The van der Waals surface area contributed by atoms with E-state index in [4.69, 9.17) is 18.9 Å². The largest absolute Gasteiger partial charge is 0.493 e. The van der Waals surface area contributed by atoms with Crippen molar-refractivity contribution in [3.8, 4) is 16.9 Å². The molecular formula is C38H45N3O5. The first-order valence-corrected chi connectivity index (χ1v) is 16.4. The summed E-state index contributed by atoms with van der Waals surface area (Å²) in [7, 11) is 0. The van der Waals surface area contributed by atoms with Gasteiger partial charge in [0.1, 0.15) is 11.4 Å². The molecule has 0 aliphatic carbocycles. The molecule has 0 fully saturated rings. The van der Waals surface area contributed by atoms with E-state index in [1.807, 2.05) is 77.1 Å². The van der Waals surface area contributed by atoms with Crippen molar-refractivity contribution in [2.45, 2.75) is 73.3 Å². The Hall–Kier alpha value is -4.40. The second-order valence-electron chi connectivity index (χ2n) is 11.2. The molecule has 0 saturated carbocycles. The van der Waals surface area contributed by atoms with Gasteiger partial charge in [0.25, 0.3) is 0 Å². The number of nitrogens with one attached hydrogen (secondary N) is 1. The van der Waals surface area contributed by atoms with E-state index in [0.717, 1.165) is 61.9 Å². The van der Waals surface area contributed by atoms with Gasteiger partial charge >= 0.3 is 5.97 Å². The molecule has 1 N–H and O–H groups in total. The standard InChI is InChI=1S/C36H39N3O5.C2H6/c1-4-42-36(40)35-28(17-11-21-43-32-18-9-13-25-12-5-6-14-26(25)32)27-15-10-16-29-33-30(37-38-31(33)23-44-24(2)3)22-41-20-8-7-19-39(35)34(27)29;1-2/h5-10,12-16,18,24H,4,11,17,19-23H2,1-3H3,(H,37,38);1-2H3/b8-7-;. The number of benzene rings is 3. The Morgan fingerprint density at radius 2 is 1.80 bits per heavy atom. The van der Waals surface area contributed by atoms with Crippen LogP contribution in [0.4, 0.5) is 0 Å². The molecule has 0 amide bonds. The van der Waals surface area contributed by atoms with Crippen LogP contribution >= 0.6 is 0 Å². The fraction of sp³-hybridized carbons (Fsp3) is 0.368. The van der Waals surface area contributed by atoms with Crippen LogP contribution in [0.15, 0.2) is 72.8 Å². The number of ether oxygens (including phenoxy) is 4. The summed E-state index contributed by atoms with van der Waals surface area (Å²) < 4.78 is 26.0. The maximum atomic E-state index is 13.6. The molecule has 1 aliphatic heterocycles. The first-order valence-electron chi connectivity index (χ1n) is 16.4. The van der Waals surface area contributed by atoms with Crippen LogP contribution in [0.3, 0.4) is 0 Å². The average molecular weight is 624 g/mol. The lowest BCUT2D eigenvalue weighted by atomic mass is 9.98. The monoisotopic (exact) mass is 623 g/mol. The van der Waals surface area contributed by atoms with Crippen LogP contribution in [0.5, 0.6) is 5.75 Å². The zero-order chi connectivity index (χ0) is 32.5. The number of para-hydroxylation sites is 1. The van der Waals surface area contributed by atoms with E-state index in [2.05, 4.69) is 45.1 Å². The van der Waals surface area contributed by atoms with E-state index in [1.54, 1.807) is 0 Å². The molecule has 0 unspecified atom stereocenters. The Morgan fingerprint density at radius 3 is 2.63 bits per heavy atom. The summed E-state index contributed by atoms with van der Waals surface area (Å²) in [5.74, 6) is 0.541. The minimum atomic E-state index is -0.324. The fourth-order valence-corrected chi connectivity index (χ4v) is 5.97. The van der Waals surface area contributed by atoms with Crippen LogP contribution in [-0.2, 0) is 40.4 Å². The summed E-state index contributed by atoms with van der Waals surface area (Å²) in [4.78, 5) is 13.6. The van der Waals surface area contributed by atoms with E-state index < -0.39 is 0 Å². The third-order valence-electron chi connectivity index (χ3n) is 7.89. The van der Waals surface area contributed by atoms with Crippen molar-refractivity contribution in [3.63, 3.8) is 0 Å². The quantitative estimate of drug-likeness (QED) is 0.0955. The summed E-state index contributed by atoms with van der Waals surface area (Å²) in [6.07, 6.45) is 5.48. The van der Waals surface area contributed by atoms with Crippen molar-refractivity contribution in [3.05, 3.63) is 95.5 Å². The highest BCUT2D eigenvalue weighted by Crippen LogP contribution is 2.39. The molecule has 0 spiro atoms. The zero-order valence-corrected chi connectivity index (χ0v) is 27.6. The second-order valence-corrected chi connectivity index (χ2v) is 11.2. The van der Waals surface area contributed by atoms with Gasteiger partial charge < -0.3 is 23.5 Å². The van der Waals surface area contributed by atoms with E-state index in [-0.39, 0.29) is 12.1 Å². The number of H-pyrrole nitrogens is 1. The van der Waals surface area contributed by atoms with Gasteiger partial charge in [-0.2, -0.15) is 5.10 Å². The van der Waals surface area contributed by atoms with E-state index >= 15 is 0 Å². The van der Waals surface area contributed by atoms with Crippen molar-refractivity contribution in [2.75, 3.05) is 19.8 Å². The van der Waals surface area contributed by atoms with Gasteiger partial charge in [0, 0.05) is 28.4 Å². The Balaban J connectivity index is 0.00000204. The number of aryl methyl sites for hydroxylation is 1. The molecule has 2 aromatic heterocycles. The lowest BCUT2D eigenvalue weighted by molar-refractivity contribution is 0.0513. The number of rotatable bonds is 10. The van der Waals surface area contributed by atoms with Gasteiger partial charge in [0.2, 0.25) is 0 Å². The van der Waals surface area contributed by atoms with Crippen LogP contribution in [0.2, 0.25) is 0 Å². The number of esters is 1. The number of carbonyl (C=O) groups is 1. The Kier molecular flexibility index (Phi) is 11.3. The predicted octanol–water partition coefficient (Wildman–Crippen LogP) is 8.41. The van der Waals surface area contributed by atoms with Crippen LogP contribution < -0.4 is 4.74 Å². The summed E-state index contributed by atoms with van der Waals surface area (Å²) in [6, 6.07) is 20.6. The van der Waals surface area contributed by atoms with Gasteiger partial charge in [-0.1, -0.05) is 80.6 Å². The lowest BCUT2D eigenvalue weighted by Gasteiger charge is -2.13. The van der Waals surface area contributed by atoms with Gasteiger partial charge in [-0.15, -0.1) is 0 Å². The number of hydrogen-bond donors (Lipinski definition) is 1. The Bertz CT molecular complexity index is 1790. The third kappa shape index (κ3) is 7.03. The molecule has 242 valence electrons. The Labute approximate surface area is 271 Å². The number of allylic oxidation sites excluding steroid dienone is 1. The maximum Gasteiger partial charge on any atom is 0.355 e. The predicted molar refractivity (Wildman–Crippen MR) is 183 cm³/mol. The van der Waals surface area contributed by atoms with Gasteiger partial charge in [0.05, 0.1) is 56.0 Å². The first kappa shape index (κ1) is 33.0. The highest BCUT2D eigenvalue weighted by Gasteiger charge is 2.27. The molecule has 1 aliphatic rings. The van der Waals surface area contributed by atoms with Crippen molar-refractivity contribution in [1.82, 2.24) is 14.8 Å². The summed E-state index contributed by atoms with van der Waals surface area (Å²) in [5, 5.41) is 11.1. The minimum absolute atomic E-state index is 0.0586. The van der Waals surface area contributed by atoms with Gasteiger partial charge in [-0.25, -0.2) is 4.79 Å². The van der Waals surface area contributed by atoms with Crippen molar-refractivity contribution < 1.29 is 23.7 Å². The number of carbonyl (C=O) groups excluding carboxylic acids is 1. The number of fused-ring (bicyclic) bond motifs is 3. The minimum Gasteiger partial charge on any atom is -0.493 e. The summed E-state index contributed by atoms with van der Waals surface area (Å²) in [5.41, 5.74) is 6.15. The zero-order valence-electron chi connectivity index (χ0n) is 27.6. The number of aromatic nitrogens is 3. The van der Waals surface area contributed by atoms with Crippen LogP contribution in [0.25, 0.3) is 32.8 Å². The fourth-order valence-electron chi connectivity index (χ4n) is 5.97. The highest BCUT2D eigenvalue weighted by molar-refractivity contribution is 6.05. The third-order valence-corrected chi connectivity index (χ3v) is 7.89. The second kappa shape index (κ2) is 15.7. The molecule has 0 atom stereocenters.